The number of aromatic carboxylic acids is 1. The normalized spacial score (nSPS) is 16.8. The summed E-state index contributed by atoms with van der Waals surface area (Å²) in [4.78, 5) is 25.1. The van der Waals surface area contributed by atoms with E-state index in [1.165, 1.54) is 23.0 Å². The molecule has 1 fully saturated rings. The van der Waals surface area contributed by atoms with Crippen molar-refractivity contribution in [3.63, 3.8) is 0 Å². The minimum Gasteiger partial charge on any atom is -0.493 e. The predicted octanol–water partition coefficient (Wildman–Crippen LogP) is 4.96. The highest BCUT2D eigenvalue weighted by Gasteiger charge is 2.14. The number of ether oxygens (including phenoxy) is 1. The number of para-hydroxylation sites is 1. The minimum atomic E-state index is -1.08. The first kappa shape index (κ1) is 18.7. The molecule has 0 atom stereocenters. The number of carbonyl (C=O) groups is 2. The van der Waals surface area contributed by atoms with Gasteiger partial charge in [-0.15, -0.1) is 11.3 Å². The summed E-state index contributed by atoms with van der Waals surface area (Å²) in [5, 5.41) is 11.9. The Labute approximate surface area is 161 Å². The summed E-state index contributed by atoms with van der Waals surface area (Å²) in [6.07, 6.45) is 8.71. The van der Waals surface area contributed by atoms with Gasteiger partial charge in [-0.05, 0) is 48.9 Å². The molecule has 27 heavy (non-hydrogen) atoms. The Morgan fingerprint density at radius 2 is 2.04 bits per heavy atom. The number of amides is 1. The number of carbonyl (C=O) groups excluding carboxylic acids is 1. The van der Waals surface area contributed by atoms with E-state index in [1.807, 2.05) is 31.2 Å². The highest BCUT2D eigenvalue weighted by Crippen LogP contribution is 2.24. The number of hydrogen-bond donors (Lipinski definition) is 2. The van der Waals surface area contributed by atoms with E-state index in [-0.39, 0.29) is 17.2 Å². The van der Waals surface area contributed by atoms with E-state index < -0.39 is 5.97 Å². The first-order chi connectivity index (χ1) is 13.1. The van der Waals surface area contributed by atoms with E-state index in [9.17, 15) is 14.7 Å². The smallest absolute Gasteiger partial charge is 0.337 e. The van der Waals surface area contributed by atoms with E-state index in [1.54, 1.807) is 24.3 Å². The monoisotopic (exact) mass is 381 g/mol. The first-order valence-corrected chi connectivity index (χ1v) is 9.30. The van der Waals surface area contributed by atoms with Crippen LogP contribution in [-0.2, 0) is 4.74 Å². The molecular formula is C21H19NO4S. The van der Waals surface area contributed by atoms with Crippen molar-refractivity contribution in [1.82, 2.24) is 0 Å². The molecule has 0 aliphatic carbocycles. The van der Waals surface area contributed by atoms with E-state index >= 15 is 0 Å². The van der Waals surface area contributed by atoms with Gasteiger partial charge in [0, 0.05) is 11.3 Å². The summed E-state index contributed by atoms with van der Waals surface area (Å²) in [6, 6.07) is 9.90. The summed E-state index contributed by atoms with van der Waals surface area (Å²) in [7, 11) is 0. The number of nitrogens with one attached hydrogen (secondary N) is 1. The fraction of sp³-hybridized carbons (Fsp3) is 0.143. The van der Waals surface area contributed by atoms with Gasteiger partial charge in [-0.2, -0.15) is 0 Å². The Morgan fingerprint density at radius 1 is 1.22 bits per heavy atom. The van der Waals surface area contributed by atoms with Gasteiger partial charge in [0.1, 0.15) is 5.76 Å². The molecule has 0 radical (unpaired) electrons. The molecule has 5 nitrogen and oxygen atoms in total. The third kappa shape index (κ3) is 4.54. The van der Waals surface area contributed by atoms with Crippen molar-refractivity contribution >= 4 is 35.0 Å². The molecule has 0 bridgehead atoms. The van der Waals surface area contributed by atoms with Crippen LogP contribution < -0.4 is 5.32 Å². The molecule has 1 aliphatic heterocycles. The molecule has 3 rings (SSSR count). The second kappa shape index (κ2) is 8.51. The van der Waals surface area contributed by atoms with Gasteiger partial charge in [0.05, 0.1) is 22.7 Å². The first-order valence-electron chi connectivity index (χ1n) is 8.48. The largest absolute Gasteiger partial charge is 0.493 e. The average Bonchev–Trinajstić information content (AvgIpc) is 3.31. The lowest BCUT2D eigenvalue weighted by Crippen LogP contribution is -2.13. The molecule has 0 unspecified atom stereocenters. The van der Waals surface area contributed by atoms with E-state index in [2.05, 4.69) is 11.4 Å². The van der Waals surface area contributed by atoms with Crippen molar-refractivity contribution in [1.29, 1.82) is 0 Å². The number of benzene rings is 1. The fourth-order valence-corrected chi connectivity index (χ4v) is 3.50. The highest BCUT2D eigenvalue weighted by molar-refractivity contribution is 7.15. The summed E-state index contributed by atoms with van der Waals surface area (Å²) in [5.41, 5.74) is 1.54. The number of hydrogen-bond acceptors (Lipinski definition) is 4. The van der Waals surface area contributed by atoms with Crippen molar-refractivity contribution in [2.75, 3.05) is 11.9 Å². The van der Waals surface area contributed by atoms with Crippen LogP contribution in [0.3, 0.4) is 0 Å². The summed E-state index contributed by atoms with van der Waals surface area (Å²) >= 11 is 1.33. The molecule has 2 heterocycles. The zero-order valence-electron chi connectivity index (χ0n) is 14.8. The molecule has 0 spiro atoms. The van der Waals surface area contributed by atoms with Crippen molar-refractivity contribution < 1.29 is 19.4 Å². The van der Waals surface area contributed by atoms with Crippen molar-refractivity contribution in [3.8, 4) is 0 Å². The van der Waals surface area contributed by atoms with Gasteiger partial charge in [0.15, 0.2) is 0 Å². The molecule has 1 aromatic heterocycles. The average molecular weight is 381 g/mol. The van der Waals surface area contributed by atoms with Gasteiger partial charge in [0.2, 0.25) is 0 Å². The lowest BCUT2D eigenvalue weighted by atomic mass is 10.2. The molecular weight excluding hydrogens is 362 g/mol. The second-order valence-corrected chi connectivity index (χ2v) is 6.92. The molecule has 6 heteroatoms. The standard InChI is InChI=1S/C21H19NO4S/c1-2-14-12-13-26-18(14)9-5-6-15-10-11-19(27-15)20(23)22-17-8-4-3-7-16(17)21(24)25/h2-11H,12-13H2,1H3,(H,22,23)(H,24,25)/b6-5+,14-2-,18-9+. The third-order valence-electron chi connectivity index (χ3n) is 4.06. The molecule has 1 saturated heterocycles. The zero-order chi connectivity index (χ0) is 19.2. The van der Waals surface area contributed by atoms with Crippen molar-refractivity contribution in [3.05, 3.63) is 81.3 Å². The number of carboxylic acids is 1. The molecule has 1 aromatic carbocycles. The van der Waals surface area contributed by atoms with Crippen molar-refractivity contribution in [2.45, 2.75) is 13.3 Å². The molecule has 1 amide bonds. The van der Waals surface area contributed by atoms with Crippen LogP contribution in [0.4, 0.5) is 5.69 Å². The molecule has 0 saturated carbocycles. The Kier molecular flexibility index (Phi) is 5.88. The summed E-state index contributed by atoms with van der Waals surface area (Å²) in [6.45, 7) is 2.70. The predicted molar refractivity (Wildman–Crippen MR) is 107 cm³/mol. The SMILES string of the molecule is C/C=C1/CCO/C1=C/C=C/c1ccc(C(=O)Nc2ccccc2C(=O)O)s1. The third-order valence-corrected chi connectivity index (χ3v) is 5.11. The van der Waals surface area contributed by atoms with Crippen LogP contribution in [0.5, 0.6) is 0 Å². The molecule has 2 aromatic rings. The van der Waals surface area contributed by atoms with Crippen LogP contribution >= 0.6 is 11.3 Å². The van der Waals surface area contributed by atoms with Crippen LogP contribution in [0.2, 0.25) is 0 Å². The topological polar surface area (TPSA) is 75.6 Å². The van der Waals surface area contributed by atoms with Gasteiger partial charge in [-0.25, -0.2) is 4.79 Å². The molecule has 2 N–H and O–H groups in total. The van der Waals surface area contributed by atoms with Gasteiger partial charge in [0.25, 0.3) is 5.91 Å². The minimum absolute atomic E-state index is 0.0606. The second-order valence-electron chi connectivity index (χ2n) is 5.81. The van der Waals surface area contributed by atoms with Crippen molar-refractivity contribution in [2.24, 2.45) is 0 Å². The number of rotatable bonds is 5. The number of anilines is 1. The van der Waals surface area contributed by atoms with Gasteiger partial charge >= 0.3 is 5.97 Å². The maximum absolute atomic E-state index is 12.4. The Balaban J connectivity index is 1.69. The van der Waals surface area contributed by atoms with Crippen LogP contribution in [0, 0.1) is 0 Å². The quantitative estimate of drug-likeness (QED) is 0.767. The molecule has 1 aliphatic rings. The Morgan fingerprint density at radius 3 is 2.81 bits per heavy atom. The number of allylic oxidation sites excluding steroid dienone is 4. The number of thiophene rings is 1. The fourth-order valence-electron chi connectivity index (χ4n) is 2.69. The number of carboxylic acid groups (broad SMARTS) is 1. The highest BCUT2D eigenvalue weighted by atomic mass is 32.1. The molecule has 138 valence electrons. The lowest BCUT2D eigenvalue weighted by molar-refractivity contribution is 0.0698. The maximum Gasteiger partial charge on any atom is 0.337 e. The summed E-state index contributed by atoms with van der Waals surface area (Å²) in [5.74, 6) is -0.529. The van der Waals surface area contributed by atoms with Gasteiger partial charge < -0.3 is 15.2 Å². The van der Waals surface area contributed by atoms with Gasteiger partial charge in [-0.1, -0.05) is 24.3 Å². The van der Waals surface area contributed by atoms with Crippen LogP contribution in [0.1, 0.15) is 38.3 Å². The van der Waals surface area contributed by atoms with Crippen LogP contribution in [0.15, 0.2) is 66.0 Å². The van der Waals surface area contributed by atoms with Crippen LogP contribution in [-0.4, -0.2) is 23.6 Å². The lowest BCUT2D eigenvalue weighted by Gasteiger charge is -2.06. The van der Waals surface area contributed by atoms with Gasteiger partial charge in [-0.3, -0.25) is 4.79 Å². The summed E-state index contributed by atoms with van der Waals surface area (Å²) < 4.78 is 5.57. The van der Waals surface area contributed by atoms with E-state index in [0.717, 1.165) is 17.1 Å². The van der Waals surface area contributed by atoms with Crippen LogP contribution in [0.25, 0.3) is 6.08 Å². The Bertz CT molecular complexity index is 953. The maximum atomic E-state index is 12.4. The zero-order valence-corrected chi connectivity index (χ0v) is 15.6. The Hall–Kier alpha value is -3.12. The van der Waals surface area contributed by atoms with E-state index in [4.69, 9.17) is 4.74 Å². The van der Waals surface area contributed by atoms with E-state index in [0.29, 0.717) is 11.5 Å².